The van der Waals surface area contributed by atoms with Crippen LogP contribution >= 0.6 is 11.8 Å². The molecule has 158 valence electrons. The van der Waals surface area contributed by atoms with Crippen LogP contribution in [0.1, 0.15) is 26.7 Å². The van der Waals surface area contributed by atoms with Gasteiger partial charge in [-0.05, 0) is 44.5 Å². The molecular formula is C20H26N2O6S. The van der Waals surface area contributed by atoms with Gasteiger partial charge < -0.3 is 24.4 Å². The number of rotatable bonds is 9. The van der Waals surface area contributed by atoms with Crippen LogP contribution in [0.15, 0.2) is 24.3 Å². The molecule has 2 heterocycles. The van der Waals surface area contributed by atoms with Gasteiger partial charge in [-0.3, -0.25) is 9.59 Å². The summed E-state index contributed by atoms with van der Waals surface area (Å²) < 4.78 is 16.0. The Labute approximate surface area is 174 Å². The summed E-state index contributed by atoms with van der Waals surface area (Å²) >= 11 is 1.59. The van der Waals surface area contributed by atoms with Crippen molar-refractivity contribution in [2.75, 3.05) is 32.1 Å². The molecule has 1 aromatic rings. The van der Waals surface area contributed by atoms with E-state index in [4.69, 9.17) is 14.2 Å². The molecule has 2 atom stereocenters. The van der Waals surface area contributed by atoms with Crippen LogP contribution in [0.3, 0.4) is 0 Å². The molecule has 2 fully saturated rings. The van der Waals surface area contributed by atoms with E-state index in [9.17, 15) is 14.4 Å². The molecule has 0 saturated carbocycles. The number of carbonyl (C=O) groups is 3. The summed E-state index contributed by atoms with van der Waals surface area (Å²) in [4.78, 5) is 37.6. The average molecular weight is 423 g/mol. The summed E-state index contributed by atoms with van der Waals surface area (Å²) in [5.74, 6) is 0.971. The Morgan fingerprint density at radius 2 is 1.93 bits per heavy atom. The molecule has 2 saturated heterocycles. The molecule has 0 spiro atoms. The fraction of sp³-hybridized carbons (Fsp3) is 0.550. The van der Waals surface area contributed by atoms with Crippen molar-refractivity contribution in [2.24, 2.45) is 0 Å². The predicted octanol–water partition coefficient (Wildman–Crippen LogP) is 1.58. The Morgan fingerprint density at radius 1 is 1.24 bits per heavy atom. The zero-order valence-electron chi connectivity index (χ0n) is 16.6. The van der Waals surface area contributed by atoms with Crippen molar-refractivity contribution in [1.82, 2.24) is 10.2 Å². The van der Waals surface area contributed by atoms with Gasteiger partial charge >= 0.3 is 5.97 Å². The number of nitrogens with one attached hydrogen (secondary N) is 1. The van der Waals surface area contributed by atoms with Gasteiger partial charge in [0, 0.05) is 12.2 Å². The first-order valence-corrected chi connectivity index (χ1v) is 10.7. The maximum atomic E-state index is 12.3. The Kier molecular flexibility index (Phi) is 6.89. The zero-order valence-corrected chi connectivity index (χ0v) is 17.5. The summed E-state index contributed by atoms with van der Waals surface area (Å²) in [7, 11) is 0. The van der Waals surface area contributed by atoms with Gasteiger partial charge in [0.05, 0.1) is 18.0 Å². The number of esters is 1. The van der Waals surface area contributed by atoms with Gasteiger partial charge in [-0.2, -0.15) is 0 Å². The third-order valence-electron chi connectivity index (χ3n) is 4.89. The van der Waals surface area contributed by atoms with Gasteiger partial charge in [-0.15, -0.1) is 11.8 Å². The monoisotopic (exact) mass is 422 g/mol. The average Bonchev–Trinajstić information content (AvgIpc) is 3.20. The lowest BCUT2D eigenvalue weighted by Gasteiger charge is -2.29. The predicted molar refractivity (Wildman–Crippen MR) is 108 cm³/mol. The molecule has 29 heavy (non-hydrogen) atoms. The molecule has 9 heteroatoms. The van der Waals surface area contributed by atoms with E-state index in [-0.39, 0.29) is 30.5 Å². The number of hydrogen-bond acceptors (Lipinski definition) is 7. The highest BCUT2D eigenvalue weighted by Crippen LogP contribution is 2.47. The lowest BCUT2D eigenvalue weighted by molar-refractivity contribution is -0.156. The normalized spacial score (nSPS) is 22.9. The van der Waals surface area contributed by atoms with Crippen LogP contribution in [0.4, 0.5) is 0 Å². The van der Waals surface area contributed by atoms with Crippen LogP contribution in [0.25, 0.3) is 0 Å². The molecule has 2 aliphatic heterocycles. The first-order valence-electron chi connectivity index (χ1n) is 9.68. The summed E-state index contributed by atoms with van der Waals surface area (Å²) in [6.45, 7) is 4.68. The van der Waals surface area contributed by atoms with Crippen LogP contribution in [-0.2, 0) is 19.1 Å². The summed E-state index contributed by atoms with van der Waals surface area (Å²) in [6.07, 6.45) is 1.18. The van der Waals surface area contributed by atoms with Crippen LogP contribution < -0.4 is 14.8 Å². The maximum Gasteiger partial charge on any atom is 0.330 e. The van der Waals surface area contributed by atoms with E-state index in [1.807, 2.05) is 26.0 Å². The molecule has 1 N–H and O–H groups in total. The highest BCUT2D eigenvalue weighted by Gasteiger charge is 2.53. The zero-order chi connectivity index (χ0) is 20.9. The molecule has 3 rings (SSSR count). The third kappa shape index (κ3) is 5.14. The molecule has 8 nitrogen and oxygen atoms in total. The number of carbonyl (C=O) groups excluding carboxylic acids is 3. The van der Waals surface area contributed by atoms with Gasteiger partial charge in [-0.1, -0.05) is 0 Å². The van der Waals surface area contributed by atoms with Crippen molar-refractivity contribution in [3.63, 3.8) is 0 Å². The highest BCUT2D eigenvalue weighted by molar-refractivity contribution is 8.01. The molecule has 1 aromatic carbocycles. The largest absolute Gasteiger partial charge is 0.494 e. The minimum atomic E-state index is -0.615. The standard InChI is InChI=1S/C20H26N2O6S/c1-3-26-14-4-6-15(7-5-14)27-11-10-21-17(23)12-28-19(25)16-13-29-20(2)9-8-18(24)22(16)20/h4-7,16H,3,8-13H2,1-2H3,(H,21,23)/t16-,20-/m1/s1. The summed E-state index contributed by atoms with van der Waals surface area (Å²) in [6, 6.07) is 6.60. The summed E-state index contributed by atoms with van der Waals surface area (Å²) in [5, 5.41) is 2.64. The summed E-state index contributed by atoms with van der Waals surface area (Å²) in [5.41, 5.74) is 0. The van der Waals surface area contributed by atoms with Gasteiger partial charge in [0.25, 0.3) is 5.91 Å². The Morgan fingerprint density at radius 3 is 2.62 bits per heavy atom. The second-order valence-electron chi connectivity index (χ2n) is 6.98. The van der Waals surface area contributed by atoms with E-state index in [1.165, 1.54) is 0 Å². The SMILES string of the molecule is CCOc1ccc(OCCNC(=O)COC(=O)[C@H]2CS[C@]3(C)CCC(=O)N23)cc1. The number of nitrogens with zero attached hydrogens (tertiary/aromatic N) is 1. The van der Waals surface area contributed by atoms with Gasteiger partial charge in [-0.25, -0.2) is 4.79 Å². The molecular weight excluding hydrogens is 396 g/mol. The van der Waals surface area contributed by atoms with Crippen molar-refractivity contribution in [3.05, 3.63) is 24.3 Å². The molecule has 0 radical (unpaired) electrons. The van der Waals surface area contributed by atoms with E-state index < -0.39 is 17.9 Å². The van der Waals surface area contributed by atoms with E-state index in [1.54, 1.807) is 28.8 Å². The molecule has 0 aromatic heterocycles. The fourth-order valence-corrected chi connectivity index (χ4v) is 4.85. The molecule has 2 amide bonds. The van der Waals surface area contributed by atoms with E-state index in [0.717, 1.165) is 12.2 Å². The van der Waals surface area contributed by atoms with Crippen molar-refractivity contribution in [3.8, 4) is 11.5 Å². The smallest absolute Gasteiger partial charge is 0.330 e. The topological polar surface area (TPSA) is 94.2 Å². The Hall–Kier alpha value is -2.42. The number of thioether (sulfide) groups is 1. The lowest BCUT2D eigenvalue weighted by Crippen LogP contribution is -2.47. The third-order valence-corrected chi connectivity index (χ3v) is 6.40. The van der Waals surface area contributed by atoms with E-state index in [0.29, 0.717) is 24.5 Å². The number of hydrogen-bond donors (Lipinski definition) is 1. The van der Waals surface area contributed by atoms with Crippen molar-refractivity contribution in [1.29, 1.82) is 0 Å². The lowest BCUT2D eigenvalue weighted by atomic mass is 10.2. The van der Waals surface area contributed by atoms with Gasteiger partial charge in [0.2, 0.25) is 5.91 Å². The second-order valence-corrected chi connectivity index (χ2v) is 8.48. The number of ether oxygens (including phenoxy) is 3. The molecule has 0 unspecified atom stereocenters. The molecule has 0 aliphatic carbocycles. The molecule has 2 aliphatic rings. The van der Waals surface area contributed by atoms with Crippen molar-refractivity contribution < 1.29 is 28.6 Å². The fourth-order valence-electron chi connectivity index (χ4n) is 3.44. The van der Waals surface area contributed by atoms with Gasteiger partial charge in [0.15, 0.2) is 6.61 Å². The first kappa shape index (κ1) is 21.3. The van der Waals surface area contributed by atoms with Crippen LogP contribution in [0.2, 0.25) is 0 Å². The Balaban J connectivity index is 1.34. The molecule has 0 bridgehead atoms. The van der Waals surface area contributed by atoms with Crippen molar-refractivity contribution in [2.45, 2.75) is 37.6 Å². The van der Waals surface area contributed by atoms with E-state index in [2.05, 4.69) is 5.32 Å². The first-order chi connectivity index (χ1) is 13.9. The van der Waals surface area contributed by atoms with Crippen LogP contribution in [0, 0.1) is 0 Å². The van der Waals surface area contributed by atoms with Crippen molar-refractivity contribution >= 4 is 29.5 Å². The number of fused-ring (bicyclic) bond motifs is 1. The quantitative estimate of drug-likeness (QED) is 0.477. The highest BCUT2D eigenvalue weighted by atomic mass is 32.2. The second kappa shape index (κ2) is 9.39. The van der Waals surface area contributed by atoms with Crippen LogP contribution in [-0.4, -0.2) is 65.7 Å². The maximum absolute atomic E-state index is 12.3. The van der Waals surface area contributed by atoms with E-state index >= 15 is 0 Å². The number of amides is 2. The minimum absolute atomic E-state index is 0.0321. The number of benzene rings is 1. The Bertz CT molecular complexity index is 756. The van der Waals surface area contributed by atoms with Gasteiger partial charge in [0.1, 0.15) is 24.1 Å². The minimum Gasteiger partial charge on any atom is -0.494 e. The van der Waals surface area contributed by atoms with Crippen LogP contribution in [0.5, 0.6) is 11.5 Å².